The number of hydrogen-bond acceptors (Lipinski definition) is 3. The van der Waals surface area contributed by atoms with E-state index >= 15 is 0 Å². The van der Waals surface area contributed by atoms with Crippen molar-refractivity contribution in [1.82, 2.24) is 15.5 Å². The third kappa shape index (κ3) is 5.95. The van der Waals surface area contributed by atoms with Crippen molar-refractivity contribution in [3.05, 3.63) is 29.8 Å². The molecule has 1 aliphatic heterocycles. The van der Waals surface area contributed by atoms with Gasteiger partial charge in [-0.05, 0) is 51.4 Å². The third-order valence-corrected chi connectivity index (χ3v) is 6.26. The van der Waals surface area contributed by atoms with Crippen LogP contribution in [0.1, 0.15) is 56.9 Å². The predicted molar refractivity (Wildman–Crippen MR) is 120 cm³/mol. The summed E-state index contributed by atoms with van der Waals surface area (Å²) >= 11 is 0. The number of rotatable bonds is 7. The molecule has 0 radical (unpaired) electrons. The molecular weight excluding hydrogens is 362 g/mol. The highest BCUT2D eigenvalue weighted by atomic mass is 16.1. The van der Waals surface area contributed by atoms with Crippen LogP contribution in [0.5, 0.6) is 0 Å². The van der Waals surface area contributed by atoms with Crippen molar-refractivity contribution in [3.8, 4) is 0 Å². The molecule has 0 bridgehead atoms. The molecule has 1 aromatic rings. The lowest BCUT2D eigenvalue weighted by atomic mass is 9.83. The number of nitrogens with one attached hydrogen (secondary N) is 3. The van der Waals surface area contributed by atoms with E-state index in [9.17, 15) is 4.79 Å². The van der Waals surface area contributed by atoms with Crippen LogP contribution < -0.4 is 16.0 Å². The van der Waals surface area contributed by atoms with Gasteiger partial charge in [0.25, 0.3) is 0 Å². The lowest BCUT2D eigenvalue weighted by molar-refractivity contribution is -0.116. The van der Waals surface area contributed by atoms with Crippen LogP contribution in [-0.4, -0.2) is 56.5 Å². The van der Waals surface area contributed by atoms with Crippen molar-refractivity contribution in [2.24, 2.45) is 10.9 Å². The van der Waals surface area contributed by atoms with E-state index in [-0.39, 0.29) is 11.8 Å². The maximum absolute atomic E-state index is 12.1. The number of fused-ring (bicyclic) bond motifs is 1. The van der Waals surface area contributed by atoms with E-state index < -0.39 is 0 Å². The quantitative estimate of drug-likeness (QED) is 0.487. The summed E-state index contributed by atoms with van der Waals surface area (Å²) in [5.74, 6) is 1.83. The Morgan fingerprint density at radius 1 is 1.21 bits per heavy atom. The minimum atomic E-state index is 0.0856. The maximum atomic E-state index is 12.1. The second kappa shape index (κ2) is 10.6. The molecule has 0 spiro atoms. The average Bonchev–Trinajstić information content (AvgIpc) is 2.72. The standard InChI is InChI=1S/C23H37N5O/c1-4-24-23(26-16-21(28(2)3)17-10-6-5-7-11-17)25-15-18-14-22(29)27-20-13-9-8-12-19(18)20/h8-9,12-13,17-18,21H,4-7,10-11,14-16H2,1-3H3,(H,27,29)(H2,24,25,26). The number of hydrogen-bond donors (Lipinski definition) is 3. The minimum Gasteiger partial charge on any atom is -0.357 e. The summed E-state index contributed by atoms with van der Waals surface area (Å²) in [4.78, 5) is 19.3. The van der Waals surface area contributed by atoms with Crippen LogP contribution in [0, 0.1) is 5.92 Å². The SMILES string of the molecule is CCNC(=NCC(C1CCCCC1)N(C)C)NCC1CC(=O)Nc2ccccc21. The molecular formula is C23H37N5O. The zero-order chi connectivity index (χ0) is 20.6. The first kappa shape index (κ1) is 21.6. The molecule has 3 rings (SSSR count). The molecule has 2 unspecified atom stereocenters. The molecule has 1 aliphatic carbocycles. The summed E-state index contributed by atoms with van der Waals surface area (Å²) < 4.78 is 0. The van der Waals surface area contributed by atoms with Gasteiger partial charge < -0.3 is 20.9 Å². The summed E-state index contributed by atoms with van der Waals surface area (Å²) in [6.45, 7) is 4.41. The highest BCUT2D eigenvalue weighted by molar-refractivity contribution is 5.94. The number of likely N-dealkylation sites (N-methyl/N-ethyl adjacent to an activating group) is 1. The van der Waals surface area contributed by atoms with Crippen LogP contribution in [0.3, 0.4) is 0 Å². The van der Waals surface area contributed by atoms with Crippen molar-refractivity contribution in [1.29, 1.82) is 0 Å². The monoisotopic (exact) mass is 399 g/mol. The fourth-order valence-corrected chi connectivity index (χ4v) is 4.68. The van der Waals surface area contributed by atoms with E-state index in [2.05, 4.69) is 47.9 Å². The lowest BCUT2D eigenvalue weighted by Crippen LogP contribution is -2.43. The number of carbonyl (C=O) groups is 1. The summed E-state index contributed by atoms with van der Waals surface area (Å²) in [7, 11) is 4.35. The number of carbonyl (C=O) groups excluding carboxylic acids is 1. The summed E-state index contributed by atoms with van der Waals surface area (Å²) in [6.07, 6.45) is 7.21. The van der Waals surface area contributed by atoms with Gasteiger partial charge in [-0.15, -0.1) is 0 Å². The zero-order valence-electron chi connectivity index (χ0n) is 18.2. The van der Waals surface area contributed by atoms with Crippen molar-refractivity contribution < 1.29 is 4.79 Å². The lowest BCUT2D eigenvalue weighted by Gasteiger charge is -2.34. The van der Waals surface area contributed by atoms with Crippen LogP contribution in [0.2, 0.25) is 0 Å². The Bertz CT molecular complexity index is 696. The Balaban J connectivity index is 1.64. The summed E-state index contributed by atoms with van der Waals surface area (Å²) in [6, 6.07) is 8.56. The zero-order valence-corrected chi connectivity index (χ0v) is 18.2. The van der Waals surface area contributed by atoms with Gasteiger partial charge in [-0.1, -0.05) is 37.5 Å². The van der Waals surface area contributed by atoms with Crippen LogP contribution in [0.25, 0.3) is 0 Å². The van der Waals surface area contributed by atoms with Gasteiger partial charge in [0.15, 0.2) is 5.96 Å². The van der Waals surface area contributed by atoms with E-state index in [0.717, 1.165) is 30.7 Å². The Morgan fingerprint density at radius 2 is 1.97 bits per heavy atom. The molecule has 0 saturated heterocycles. The van der Waals surface area contributed by atoms with Crippen LogP contribution in [0.15, 0.2) is 29.3 Å². The van der Waals surface area contributed by atoms with Crippen molar-refractivity contribution in [2.45, 2.75) is 57.4 Å². The van der Waals surface area contributed by atoms with Gasteiger partial charge in [-0.25, -0.2) is 0 Å². The Hall–Kier alpha value is -2.08. The molecule has 1 amide bonds. The second-order valence-corrected chi connectivity index (χ2v) is 8.57. The molecule has 6 heteroatoms. The first-order chi connectivity index (χ1) is 14.1. The number of guanidine groups is 1. The second-order valence-electron chi connectivity index (χ2n) is 8.57. The van der Waals surface area contributed by atoms with E-state index in [0.29, 0.717) is 19.0 Å². The summed E-state index contributed by atoms with van der Waals surface area (Å²) in [5.41, 5.74) is 2.13. The van der Waals surface area contributed by atoms with Crippen LogP contribution in [0.4, 0.5) is 5.69 Å². The molecule has 6 nitrogen and oxygen atoms in total. The molecule has 1 saturated carbocycles. The molecule has 0 aromatic heterocycles. The molecule has 29 heavy (non-hydrogen) atoms. The molecule has 1 fully saturated rings. The number of anilines is 1. The van der Waals surface area contributed by atoms with Crippen LogP contribution >= 0.6 is 0 Å². The topological polar surface area (TPSA) is 68.8 Å². The number of amides is 1. The van der Waals surface area contributed by atoms with Crippen LogP contribution in [-0.2, 0) is 4.79 Å². The Kier molecular flexibility index (Phi) is 7.92. The van der Waals surface area contributed by atoms with E-state index in [1.165, 1.54) is 37.7 Å². The first-order valence-electron chi connectivity index (χ1n) is 11.2. The third-order valence-electron chi connectivity index (χ3n) is 6.26. The Morgan fingerprint density at radius 3 is 2.69 bits per heavy atom. The van der Waals surface area contributed by atoms with Gasteiger partial charge in [0.2, 0.25) is 5.91 Å². The number of para-hydroxylation sites is 1. The van der Waals surface area contributed by atoms with Gasteiger partial charge >= 0.3 is 0 Å². The molecule has 160 valence electrons. The largest absolute Gasteiger partial charge is 0.357 e. The van der Waals surface area contributed by atoms with Crippen molar-refractivity contribution in [2.75, 3.05) is 39.0 Å². The van der Waals surface area contributed by atoms with Gasteiger partial charge in [0, 0.05) is 37.2 Å². The average molecular weight is 400 g/mol. The minimum absolute atomic E-state index is 0.0856. The van der Waals surface area contributed by atoms with E-state index in [1.54, 1.807) is 0 Å². The fraction of sp³-hybridized carbons (Fsp3) is 0.652. The van der Waals surface area contributed by atoms with Gasteiger partial charge in [-0.2, -0.15) is 0 Å². The predicted octanol–water partition coefficient (Wildman–Crippen LogP) is 3.18. The van der Waals surface area contributed by atoms with E-state index in [1.807, 2.05) is 18.2 Å². The van der Waals surface area contributed by atoms with Gasteiger partial charge in [0.1, 0.15) is 0 Å². The molecule has 1 aromatic carbocycles. The molecule has 1 heterocycles. The number of aliphatic imine (C=N–C) groups is 1. The Labute approximate surface area is 175 Å². The fourth-order valence-electron chi connectivity index (χ4n) is 4.68. The summed E-state index contributed by atoms with van der Waals surface area (Å²) in [5, 5.41) is 9.84. The smallest absolute Gasteiger partial charge is 0.225 e. The highest BCUT2D eigenvalue weighted by Crippen LogP contribution is 2.31. The molecule has 2 atom stereocenters. The van der Waals surface area contributed by atoms with Gasteiger partial charge in [-0.3, -0.25) is 9.79 Å². The van der Waals surface area contributed by atoms with Crippen molar-refractivity contribution in [3.63, 3.8) is 0 Å². The maximum Gasteiger partial charge on any atom is 0.225 e. The number of benzene rings is 1. The molecule has 3 N–H and O–H groups in total. The van der Waals surface area contributed by atoms with Crippen molar-refractivity contribution >= 4 is 17.6 Å². The molecule has 2 aliphatic rings. The first-order valence-corrected chi connectivity index (χ1v) is 11.2. The van der Waals surface area contributed by atoms with Gasteiger partial charge in [0.05, 0.1) is 6.54 Å². The number of nitrogens with zero attached hydrogens (tertiary/aromatic N) is 2. The highest BCUT2D eigenvalue weighted by Gasteiger charge is 2.26. The normalized spacial score (nSPS) is 21.4. The van der Waals surface area contributed by atoms with E-state index in [4.69, 9.17) is 4.99 Å².